The van der Waals surface area contributed by atoms with Gasteiger partial charge in [-0.05, 0) is 42.7 Å². The van der Waals surface area contributed by atoms with Crippen LogP contribution < -0.4 is 11.3 Å². The molecular formula is C21H16Cl3N5O. The van der Waals surface area contributed by atoms with Gasteiger partial charge in [0.1, 0.15) is 16.9 Å². The number of benzene rings is 2. The summed E-state index contributed by atoms with van der Waals surface area (Å²) in [5.74, 6) is 0.756. The van der Waals surface area contributed by atoms with Gasteiger partial charge in [-0.1, -0.05) is 46.9 Å². The first-order chi connectivity index (χ1) is 14.4. The maximum Gasteiger partial charge on any atom is 0.262 e. The van der Waals surface area contributed by atoms with E-state index in [0.717, 1.165) is 24.1 Å². The summed E-state index contributed by atoms with van der Waals surface area (Å²) in [6.45, 7) is 0. The Hall–Kier alpha value is -2.54. The first kappa shape index (κ1) is 19.4. The van der Waals surface area contributed by atoms with Crippen LogP contribution in [-0.2, 0) is 6.42 Å². The highest BCUT2D eigenvalue weighted by Crippen LogP contribution is 2.43. The van der Waals surface area contributed by atoms with E-state index in [4.69, 9.17) is 50.6 Å². The molecule has 2 aromatic heterocycles. The number of anilines is 1. The summed E-state index contributed by atoms with van der Waals surface area (Å²) < 4.78 is 1.56. The molecule has 4 aromatic rings. The monoisotopic (exact) mass is 459 g/mol. The Labute approximate surface area is 186 Å². The zero-order valence-electron chi connectivity index (χ0n) is 15.6. The first-order valence-electron chi connectivity index (χ1n) is 9.42. The third kappa shape index (κ3) is 3.45. The molecule has 1 fully saturated rings. The molecule has 0 amide bonds. The molecule has 0 spiro atoms. The molecule has 30 heavy (non-hydrogen) atoms. The maximum atomic E-state index is 13.0. The Bertz CT molecular complexity index is 1320. The SMILES string of the molecule is Nc1ccc(Cc2nc3c(c(C4CC4)nn3-c3c(Cl)cc(Cl)cc3Cl)c(=O)[nH]2)cc1. The number of hydrogen-bond donors (Lipinski definition) is 2. The van der Waals surface area contributed by atoms with E-state index < -0.39 is 0 Å². The van der Waals surface area contributed by atoms with Crippen molar-refractivity contribution in [3.8, 4) is 5.69 Å². The lowest BCUT2D eigenvalue weighted by molar-refractivity contribution is 0.845. The Balaban J connectivity index is 1.72. The van der Waals surface area contributed by atoms with Crippen molar-refractivity contribution in [2.75, 3.05) is 5.73 Å². The molecule has 5 rings (SSSR count). The van der Waals surface area contributed by atoms with Gasteiger partial charge in [0.15, 0.2) is 5.65 Å². The average Bonchev–Trinajstić information content (AvgIpc) is 3.45. The van der Waals surface area contributed by atoms with Gasteiger partial charge in [0.05, 0.1) is 15.7 Å². The van der Waals surface area contributed by atoms with E-state index in [1.54, 1.807) is 16.8 Å². The van der Waals surface area contributed by atoms with Crippen LogP contribution in [-0.4, -0.2) is 19.7 Å². The van der Waals surface area contributed by atoms with Crippen molar-refractivity contribution >= 4 is 51.5 Å². The van der Waals surface area contributed by atoms with Gasteiger partial charge in [0.25, 0.3) is 5.56 Å². The van der Waals surface area contributed by atoms with Crippen LogP contribution in [0.4, 0.5) is 5.69 Å². The fourth-order valence-electron chi connectivity index (χ4n) is 3.54. The van der Waals surface area contributed by atoms with E-state index in [0.29, 0.717) is 49.7 Å². The molecule has 0 saturated heterocycles. The Morgan fingerprint density at radius 3 is 2.40 bits per heavy atom. The molecule has 0 bridgehead atoms. The number of rotatable bonds is 4. The number of nitrogens with zero attached hydrogens (tertiary/aromatic N) is 3. The van der Waals surface area contributed by atoms with Crippen LogP contribution in [0.1, 0.15) is 35.8 Å². The molecule has 1 aliphatic rings. The largest absolute Gasteiger partial charge is 0.399 e. The topological polar surface area (TPSA) is 89.6 Å². The van der Waals surface area contributed by atoms with E-state index >= 15 is 0 Å². The molecule has 0 unspecified atom stereocenters. The minimum Gasteiger partial charge on any atom is -0.399 e. The molecule has 0 radical (unpaired) electrons. The van der Waals surface area contributed by atoms with Gasteiger partial charge in [0.2, 0.25) is 0 Å². The lowest BCUT2D eigenvalue weighted by Crippen LogP contribution is -2.13. The lowest BCUT2D eigenvalue weighted by atomic mass is 10.1. The van der Waals surface area contributed by atoms with Crippen LogP contribution in [0.15, 0.2) is 41.2 Å². The summed E-state index contributed by atoms with van der Waals surface area (Å²) in [7, 11) is 0. The average molecular weight is 461 g/mol. The van der Waals surface area contributed by atoms with Crippen molar-refractivity contribution in [2.24, 2.45) is 0 Å². The molecule has 152 valence electrons. The number of H-pyrrole nitrogens is 1. The zero-order valence-corrected chi connectivity index (χ0v) is 17.9. The van der Waals surface area contributed by atoms with Crippen LogP contribution in [0, 0.1) is 0 Å². The summed E-state index contributed by atoms with van der Waals surface area (Å²) in [4.78, 5) is 20.6. The zero-order chi connectivity index (χ0) is 21.0. The number of nitrogen functional groups attached to an aromatic ring is 1. The number of hydrogen-bond acceptors (Lipinski definition) is 4. The van der Waals surface area contributed by atoms with Crippen molar-refractivity contribution in [1.82, 2.24) is 19.7 Å². The molecular weight excluding hydrogens is 445 g/mol. The molecule has 0 aliphatic heterocycles. The summed E-state index contributed by atoms with van der Waals surface area (Å²) in [5, 5.41) is 6.26. The third-order valence-corrected chi connectivity index (χ3v) is 5.92. The fourth-order valence-corrected chi connectivity index (χ4v) is 4.52. The standard InChI is InChI=1S/C21H16Cl3N5O/c22-12-8-14(23)19(15(24)9-12)29-20-17(18(28-29)11-3-4-11)21(30)27-16(26-20)7-10-1-5-13(25)6-2-10/h1-2,5-6,8-9,11H,3-4,7,25H2,(H,26,27,30). The van der Waals surface area contributed by atoms with E-state index in [2.05, 4.69) is 4.98 Å². The van der Waals surface area contributed by atoms with Crippen LogP contribution in [0.5, 0.6) is 0 Å². The van der Waals surface area contributed by atoms with Gasteiger partial charge in [-0.15, -0.1) is 0 Å². The van der Waals surface area contributed by atoms with Crippen LogP contribution in [0.25, 0.3) is 16.7 Å². The van der Waals surface area contributed by atoms with Crippen molar-refractivity contribution in [2.45, 2.75) is 25.2 Å². The number of aromatic nitrogens is 4. The number of fused-ring (bicyclic) bond motifs is 1. The quantitative estimate of drug-likeness (QED) is 0.414. The minimum atomic E-state index is -0.222. The smallest absolute Gasteiger partial charge is 0.262 e. The normalized spacial score (nSPS) is 13.8. The number of aromatic amines is 1. The van der Waals surface area contributed by atoms with Gasteiger partial charge in [0, 0.05) is 23.0 Å². The van der Waals surface area contributed by atoms with Crippen molar-refractivity contribution in [1.29, 1.82) is 0 Å². The molecule has 2 heterocycles. The fraction of sp³-hybridized carbons (Fsp3) is 0.190. The van der Waals surface area contributed by atoms with Crippen molar-refractivity contribution in [3.05, 3.63) is 78.9 Å². The molecule has 0 atom stereocenters. The predicted octanol–water partition coefficient (Wildman–Crippen LogP) is 5.12. The Morgan fingerprint density at radius 1 is 1.10 bits per heavy atom. The lowest BCUT2D eigenvalue weighted by Gasteiger charge is -2.09. The van der Waals surface area contributed by atoms with E-state index in [1.807, 2.05) is 24.3 Å². The molecule has 3 N–H and O–H groups in total. The number of nitrogens with two attached hydrogens (primary N) is 1. The van der Waals surface area contributed by atoms with Crippen molar-refractivity contribution in [3.63, 3.8) is 0 Å². The predicted molar refractivity (Wildman–Crippen MR) is 120 cm³/mol. The summed E-state index contributed by atoms with van der Waals surface area (Å²) in [6.07, 6.45) is 2.42. The van der Waals surface area contributed by atoms with Crippen LogP contribution in [0.3, 0.4) is 0 Å². The van der Waals surface area contributed by atoms with Crippen LogP contribution >= 0.6 is 34.8 Å². The molecule has 1 aliphatic carbocycles. The Morgan fingerprint density at radius 2 is 1.77 bits per heavy atom. The van der Waals surface area contributed by atoms with Gasteiger partial charge in [-0.3, -0.25) is 4.79 Å². The van der Waals surface area contributed by atoms with E-state index in [9.17, 15) is 4.79 Å². The minimum absolute atomic E-state index is 0.222. The van der Waals surface area contributed by atoms with Gasteiger partial charge in [-0.25, -0.2) is 9.67 Å². The highest BCUT2D eigenvalue weighted by molar-refractivity contribution is 6.40. The first-order valence-corrected chi connectivity index (χ1v) is 10.6. The summed E-state index contributed by atoms with van der Waals surface area (Å²) in [5.41, 5.74) is 8.79. The maximum absolute atomic E-state index is 13.0. The second-order valence-corrected chi connectivity index (χ2v) is 8.67. The second-order valence-electron chi connectivity index (χ2n) is 7.42. The summed E-state index contributed by atoms with van der Waals surface area (Å²) in [6, 6.07) is 10.6. The van der Waals surface area contributed by atoms with Gasteiger partial charge < -0.3 is 10.7 Å². The van der Waals surface area contributed by atoms with E-state index in [1.165, 1.54) is 0 Å². The second kappa shape index (κ2) is 7.30. The molecule has 1 saturated carbocycles. The van der Waals surface area contributed by atoms with Crippen LogP contribution in [0.2, 0.25) is 15.1 Å². The third-order valence-electron chi connectivity index (χ3n) is 5.12. The summed E-state index contributed by atoms with van der Waals surface area (Å²) >= 11 is 19.0. The van der Waals surface area contributed by atoms with Crippen molar-refractivity contribution < 1.29 is 0 Å². The molecule has 9 heteroatoms. The molecule has 6 nitrogen and oxygen atoms in total. The number of halogens is 3. The Kier molecular flexibility index (Phi) is 4.73. The van der Waals surface area contributed by atoms with Gasteiger partial charge >= 0.3 is 0 Å². The number of nitrogens with one attached hydrogen (secondary N) is 1. The highest BCUT2D eigenvalue weighted by Gasteiger charge is 2.32. The van der Waals surface area contributed by atoms with Gasteiger partial charge in [-0.2, -0.15) is 5.10 Å². The van der Waals surface area contributed by atoms with E-state index in [-0.39, 0.29) is 11.5 Å². The highest BCUT2D eigenvalue weighted by atomic mass is 35.5. The molecule has 2 aromatic carbocycles.